The van der Waals surface area contributed by atoms with Gasteiger partial charge in [0.25, 0.3) is 0 Å². The number of ether oxygens (including phenoxy) is 2. The van der Waals surface area contributed by atoms with Crippen LogP contribution < -0.4 is 0 Å². The lowest BCUT2D eigenvalue weighted by atomic mass is 9.82. The smallest absolute Gasteiger partial charge is 0.248 e. The Hall–Kier alpha value is -1.38. The maximum absolute atomic E-state index is 12.6. The highest BCUT2D eigenvalue weighted by molar-refractivity contribution is 6.77. The van der Waals surface area contributed by atoms with Gasteiger partial charge in [-0.05, 0) is 16.6 Å². The third-order valence-electron chi connectivity index (χ3n) is 6.29. The highest BCUT2D eigenvalue weighted by Gasteiger charge is 2.55. The molecule has 0 N–H and O–H groups in total. The molecule has 2 rings (SSSR count). The SMILES string of the molecule is COC1=CC(=O)C[C@H](OC)[C@@]12CC(CO[Si](C(C)C)(C(C)C)C(C)C)=[N+]([O-])O2. The third-order valence-corrected chi connectivity index (χ3v) is 12.3. The van der Waals surface area contributed by atoms with Crippen LogP contribution >= 0.6 is 0 Å². The molecule has 0 aromatic rings. The molecule has 2 aliphatic rings. The Morgan fingerprint density at radius 3 is 2.25 bits per heavy atom. The quantitative estimate of drug-likeness (QED) is 0.446. The minimum atomic E-state index is -2.12. The average Bonchev–Trinajstić information content (AvgIpc) is 2.93. The summed E-state index contributed by atoms with van der Waals surface area (Å²) in [5.41, 5.74) is 0.627. The summed E-state index contributed by atoms with van der Waals surface area (Å²) < 4.78 is 17.5. The zero-order chi connectivity index (χ0) is 21.3. The van der Waals surface area contributed by atoms with Gasteiger partial charge >= 0.3 is 0 Å². The van der Waals surface area contributed by atoms with Gasteiger partial charge in [0.2, 0.25) is 14.0 Å². The second-order valence-electron chi connectivity index (χ2n) is 8.69. The summed E-state index contributed by atoms with van der Waals surface area (Å²) in [4.78, 5) is 18.2. The minimum Gasteiger partial charge on any atom is -0.499 e. The van der Waals surface area contributed by atoms with Gasteiger partial charge in [-0.3, -0.25) is 10.0 Å². The zero-order valence-electron chi connectivity index (χ0n) is 18.4. The van der Waals surface area contributed by atoms with Crippen molar-refractivity contribution in [1.29, 1.82) is 0 Å². The van der Waals surface area contributed by atoms with Gasteiger partial charge in [-0.2, -0.15) is 0 Å². The van der Waals surface area contributed by atoms with Crippen molar-refractivity contribution in [3.8, 4) is 0 Å². The maximum atomic E-state index is 12.6. The molecular weight excluding hydrogens is 378 g/mol. The van der Waals surface area contributed by atoms with E-state index in [0.717, 1.165) is 0 Å². The Morgan fingerprint density at radius 1 is 1.21 bits per heavy atom. The van der Waals surface area contributed by atoms with E-state index in [1.807, 2.05) is 0 Å². The summed E-state index contributed by atoms with van der Waals surface area (Å²) in [5.74, 6) is 0.220. The van der Waals surface area contributed by atoms with Crippen LogP contribution in [-0.4, -0.2) is 57.2 Å². The molecule has 0 aromatic heterocycles. The first-order valence-corrected chi connectivity index (χ1v) is 12.2. The van der Waals surface area contributed by atoms with Crippen LogP contribution in [0.25, 0.3) is 0 Å². The first-order chi connectivity index (χ1) is 13.0. The van der Waals surface area contributed by atoms with Gasteiger partial charge < -0.3 is 18.7 Å². The molecule has 1 aliphatic heterocycles. The molecular formula is C20H35NO6Si. The van der Waals surface area contributed by atoms with Crippen LogP contribution in [0.2, 0.25) is 16.6 Å². The summed E-state index contributed by atoms with van der Waals surface area (Å²) in [7, 11) is 0.865. The van der Waals surface area contributed by atoms with Crippen molar-refractivity contribution in [2.24, 2.45) is 0 Å². The van der Waals surface area contributed by atoms with E-state index in [1.54, 1.807) is 0 Å². The summed E-state index contributed by atoms with van der Waals surface area (Å²) in [5, 5.41) is 12.6. The summed E-state index contributed by atoms with van der Waals surface area (Å²) in [6.07, 6.45) is 1.24. The molecule has 0 aromatic carbocycles. The first-order valence-electron chi connectivity index (χ1n) is 10.0. The predicted octanol–water partition coefficient (Wildman–Crippen LogP) is 3.72. The first kappa shape index (κ1) is 22.9. The van der Waals surface area contributed by atoms with Crippen LogP contribution in [0, 0.1) is 5.21 Å². The summed E-state index contributed by atoms with van der Waals surface area (Å²) >= 11 is 0. The topological polar surface area (TPSA) is 80.1 Å². The molecule has 0 amide bonds. The fraction of sp³-hybridized carbons (Fsp3) is 0.800. The van der Waals surface area contributed by atoms with Crippen molar-refractivity contribution in [3.05, 3.63) is 17.0 Å². The highest BCUT2D eigenvalue weighted by atomic mass is 28.4. The molecule has 2 atom stereocenters. The van der Waals surface area contributed by atoms with E-state index in [0.29, 0.717) is 33.0 Å². The predicted molar refractivity (Wildman–Crippen MR) is 110 cm³/mol. The van der Waals surface area contributed by atoms with Gasteiger partial charge in [0, 0.05) is 24.5 Å². The van der Waals surface area contributed by atoms with E-state index in [9.17, 15) is 10.0 Å². The third kappa shape index (κ3) is 3.74. The number of hydrogen-bond acceptors (Lipinski definition) is 6. The van der Waals surface area contributed by atoms with Gasteiger partial charge in [0.1, 0.15) is 12.4 Å². The van der Waals surface area contributed by atoms with E-state index in [-0.39, 0.29) is 25.2 Å². The normalized spacial score (nSPS) is 25.9. The van der Waals surface area contributed by atoms with Crippen LogP contribution in [0.4, 0.5) is 0 Å². The van der Waals surface area contributed by atoms with Crippen molar-refractivity contribution in [1.82, 2.24) is 0 Å². The molecule has 0 fully saturated rings. The minimum absolute atomic E-state index is 0.106. The molecule has 0 bridgehead atoms. The Kier molecular flexibility index (Phi) is 6.99. The van der Waals surface area contributed by atoms with E-state index in [2.05, 4.69) is 41.5 Å². The zero-order valence-corrected chi connectivity index (χ0v) is 19.4. The number of carbonyl (C=O) groups is 1. The van der Waals surface area contributed by atoms with Crippen LogP contribution in [-0.2, 0) is 23.5 Å². The standard InChI is InChI=1S/C20H35NO6Si/c1-13(2)28(14(3)4,15(5)6)26-12-16-11-20(27-21(16)23)18(24-7)9-17(22)10-19(20)25-8/h9,13-15,19H,10-12H2,1-8H3/t19-,20+/m0/s1. The Labute approximate surface area is 169 Å². The molecule has 7 nitrogen and oxygen atoms in total. The fourth-order valence-corrected chi connectivity index (χ4v) is 10.5. The summed E-state index contributed by atoms with van der Waals surface area (Å²) in [6.45, 7) is 13.5. The van der Waals surface area contributed by atoms with Gasteiger partial charge in [-0.25, -0.2) is 0 Å². The van der Waals surface area contributed by atoms with Gasteiger partial charge in [-0.1, -0.05) is 41.5 Å². The number of methoxy groups -OCH3 is 2. The molecule has 160 valence electrons. The van der Waals surface area contributed by atoms with E-state index < -0.39 is 20.0 Å². The van der Waals surface area contributed by atoms with Crippen molar-refractivity contribution in [2.45, 2.75) is 82.7 Å². The van der Waals surface area contributed by atoms with Gasteiger partial charge in [0.05, 0.1) is 19.6 Å². The molecule has 0 unspecified atom stereocenters. The number of rotatable bonds is 8. The maximum Gasteiger partial charge on any atom is 0.248 e. The molecule has 8 heteroatoms. The largest absolute Gasteiger partial charge is 0.499 e. The Morgan fingerprint density at radius 2 is 1.79 bits per heavy atom. The molecule has 0 radical (unpaired) electrons. The van der Waals surface area contributed by atoms with E-state index in [4.69, 9.17) is 18.7 Å². The Balaban J connectivity index is 2.28. The van der Waals surface area contributed by atoms with Crippen molar-refractivity contribution >= 4 is 19.8 Å². The molecule has 1 aliphatic carbocycles. The molecule has 0 saturated heterocycles. The fourth-order valence-electron chi connectivity index (χ4n) is 5.07. The molecule has 28 heavy (non-hydrogen) atoms. The number of allylic oxidation sites excluding steroid dienone is 1. The molecule has 1 spiro atoms. The van der Waals surface area contributed by atoms with Crippen LogP contribution in [0.3, 0.4) is 0 Å². The lowest BCUT2D eigenvalue weighted by Gasteiger charge is -2.42. The monoisotopic (exact) mass is 413 g/mol. The molecule has 1 heterocycles. The average molecular weight is 414 g/mol. The number of ketones is 1. The Bertz CT molecular complexity index is 635. The van der Waals surface area contributed by atoms with Crippen LogP contribution in [0.5, 0.6) is 0 Å². The van der Waals surface area contributed by atoms with Crippen molar-refractivity contribution in [2.75, 3.05) is 20.8 Å². The number of nitrogens with zero attached hydrogens (tertiary/aromatic N) is 1. The van der Waals surface area contributed by atoms with E-state index in [1.165, 1.54) is 20.3 Å². The van der Waals surface area contributed by atoms with Crippen LogP contribution in [0.1, 0.15) is 54.4 Å². The highest BCUT2D eigenvalue weighted by Crippen LogP contribution is 2.44. The van der Waals surface area contributed by atoms with Crippen LogP contribution in [0.15, 0.2) is 11.8 Å². The lowest BCUT2D eigenvalue weighted by molar-refractivity contribution is -0.753. The van der Waals surface area contributed by atoms with E-state index >= 15 is 0 Å². The van der Waals surface area contributed by atoms with Crippen molar-refractivity contribution < 1.29 is 28.4 Å². The van der Waals surface area contributed by atoms with Crippen molar-refractivity contribution in [3.63, 3.8) is 0 Å². The molecule has 0 saturated carbocycles. The summed E-state index contributed by atoms with van der Waals surface area (Å²) in [6, 6.07) is 0. The lowest BCUT2D eigenvalue weighted by Crippen LogP contribution is -2.51. The second kappa shape index (κ2) is 8.55. The van der Waals surface area contributed by atoms with Gasteiger partial charge in [-0.15, -0.1) is 0 Å². The van der Waals surface area contributed by atoms with Gasteiger partial charge in [0.15, 0.2) is 11.4 Å². The number of carbonyl (C=O) groups excluding carboxylic acids is 1. The number of hydrogen-bond donors (Lipinski definition) is 0. The second-order valence-corrected chi connectivity index (χ2v) is 14.2.